The Kier molecular flexibility index (Phi) is 7.19. The van der Waals surface area contributed by atoms with Gasteiger partial charge in [-0.25, -0.2) is 10.2 Å². The fourth-order valence-corrected chi connectivity index (χ4v) is 2.49. The first-order valence-electron chi connectivity index (χ1n) is 9.09. The van der Waals surface area contributed by atoms with Crippen LogP contribution in [0.5, 0.6) is 11.5 Å². The highest BCUT2D eigenvalue weighted by molar-refractivity contribution is 6.30. The number of esters is 1. The Balaban J connectivity index is 1.45. The van der Waals surface area contributed by atoms with Crippen molar-refractivity contribution in [2.45, 2.75) is 6.92 Å². The maximum atomic E-state index is 12.1. The fourth-order valence-electron chi connectivity index (χ4n) is 2.37. The minimum Gasteiger partial charge on any atom is -0.484 e. The topological polar surface area (TPSA) is 77.0 Å². The molecule has 0 aliphatic rings. The van der Waals surface area contributed by atoms with Gasteiger partial charge in [0.15, 0.2) is 6.61 Å². The average Bonchev–Trinajstić information content (AvgIpc) is 2.75. The number of amides is 1. The van der Waals surface area contributed by atoms with Crippen LogP contribution >= 0.6 is 11.6 Å². The van der Waals surface area contributed by atoms with Crippen LogP contribution in [-0.4, -0.2) is 24.7 Å². The molecule has 6 nitrogen and oxygen atoms in total. The van der Waals surface area contributed by atoms with Crippen LogP contribution in [0.1, 0.15) is 21.5 Å². The third-order valence-electron chi connectivity index (χ3n) is 3.96. The van der Waals surface area contributed by atoms with Crippen molar-refractivity contribution in [1.29, 1.82) is 0 Å². The van der Waals surface area contributed by atoms with Gasteiger partial charge in [0.25, 0.3) is 5.91 Å². The van der Waals surface area contributed by atoms with Crippen LogP contribution in [0.15, 0.2) is 77.9 Å². The monoisotopic (exact) mass is 422 g/mol. The Hall–Kier alpha value is -3.64. The van der Waals surface area contributed by atoms with E-state index < -0.39 is 11.9 Å². The van der Waals surface area contributed by atoms with Crippen molar-refractivity contribution in [2.24, 2.45) is 5.10 Å². The first kappa shape index (κ1) is 21.1. The summed E-state index contributed by atoms with van der Waals surface area (Å²) in [4.78, 5) is 23.9. The molecule has 3 aromatic carbocycles. The SMILES string of the molecule is Cc1ccc(C(=O)Oc2ccc(/C=N/NC(=O)COc3ccc(Cl)cc3)cc2)cc1. The summed E-state index contributed by atoms with van der Waals surface area (Å²) in [5, 5.41) is 4.47. The number of aryl methyl sites for hydroxylation is 1. The van der Waals surface area contributed by atoms with Crippen LogP contribution in [0.25, 0.3) is 0 Å². The van der Waals surface area contributed by atoms with Crippen LogP contribution in [0, 0.1) is 6.92 Å². The molecule has 30 heavy (non-hydrogen) atoms. The lowest BCUT2D eigenvalue weighted by Crippen LogP contribution is -2.24. The molecule has 0 bridgehead atoms. The smallest absolute Gasteiger partial charge is 0.343 e. The number of hydrogen-bond donors (Lipinski definition) is 1. The molecule has 0 unspecified atom stereocenters. The molecule has 1 amide bonds. The Morgan fingerprint density at radius 3 is 2.23 bits per heavy atom. The molecule has 3 aromatic rings. The van der Waals surface area contributed by atoms with Crippen molar-refractivity contribution in [3.05, 3.63) is 94.5 Å². The highest BCUT2D eigenvalue weighted by Gasteiger charge is 2.08. The Morgan fingerprint density at radius 2 is 1.57 bits per heavy atom. The van der Waals surface area contributed by atoms with Crippen molar-refractivity contribution in [2.75, 3.05) is 6.61 Å². The summed E-state index contributed by atoms with van der Waals surface area (Å²) in [5.41, 5.74) is 4.66. The number of carbonyl (C=O) groups excluding carboxylic acids is 2. The standard InChI is InChI=1S/C23H19ClN2O4/c1-16-2-6-18(7-3-16)23(28)30-21-10-4-17(5-11-21)14-25-26-22(27)15-29-20-12-8-19(24)9-13-20/h2-14H,15H2,1H3,(H,26,27)/b25-14+. The van der Waals surface area contributed by atoms with Gasteiger partial charge in [-0.2, -0.15) is 5.10 Å². The summed E-state index contributed by atoms with van der Waals surface area (Å²) >= 11 is 5.79. The van der Waals surface area contributed by atoms with Gasteiger partial charge < -0.3 is 9.47 Å². The summed E-state index contributed by atoms with van der Waals surface area (Å²) < 4.78 is 10.7. The number of rotatable bonds is 7. The number of hydrazone groups is 1. The largest absolute Gasteiger partial charge is 0.484 e. The normalized spacial score (nSPS) is 10.6. The van der Waals surface area contributed by atoms with Crippen LogP contribution in [0.3, 0.4) is 0 Å². The highest BCUT2D eigenvalue weighted by Crippen LogP contribution is 2.15. The lowest BCUT2D eigenvalue weighted by atomic mass is 10.1. The molecule has 0 heterocycles. The number of halogens is 1. The second-order valence-corrected chi connectivity index (χ2v) is 6.80. The van der Waals surface area contributed by atoms with E-state index in [-0.39, 0.29) is 6.61 Å². The Bertz CT molecular complexity index is 1030. The first-order chi connectivity index (χ1) is 14.5. The Labute approximate surface area is 179 Å². The van der Waals surface area contributed by atoms with E-state index in [0.717, 1.165) is 11.1 Å². The molecule has 0 saturated heterocycles. The van der Waals surface area contributed by atoms with Crippen LogP contribution in [-0.2, 0) is 4.79 Å². The van der Waals surface area contributed by atoms with Gasteiger partial charge in [0.1, 0.15) is 11.5 Å². The molecule has 7 heteroatoms. The van der Waals surface area contributed by atoms with E-state index in [4.69, 9.17) is 21.1 Å². The molecule has 3 rings (SSSR count). The molecular weight excluding hydrogens is 404 g/mol. The van der Waals surface area contributed by atoms with Gasteiger partial charge in [-0.05, 0) is 73.2 Å². The molecule has 0 radical (unpaired) electrons. The predicted octanol–water partition coefficient (Wildman–Crippen LogP) is 4.40. The van der Waals surface area contributed by atoms with Crippen molar-refractivity contribution >= 4 is 29.7 Å². The lowest BCUT2D eigenvalue weighted by molar-refractivity contribution is -0.123. The molecular formula is C23H19ClN2O4. The number of nitrogens with one attached hydrogen (secondary N) is 1. The van der Waals surface area contributed by atoms with Gasteiger partial charge in [-0.15, -0.1) is 0 Å². The van der Waals surface area contributed by atoms with Crippen molar-refractivity contribution in [3.63, 3.8) is 0 Å². The molecule has 1 N–H and O–H groups in total. The maximum Gasteiger partial charge on any atom is 0.343 e. The van der Waals surface area contributed by atoms with Crippen molar-refractivity contribution in [1.82, 2.24) is 5.43 Å². The predicted molar refractivity (Wildman–Crippen MR) is 115 cm³/mol. The zero-order valence-corrected chi connectivity index (χ0v) is 16.9. The van der Waals surface area contributed by atoms with Crippen molar-refractivity contribution < 1.29 is 19.1 Å². The number of carbonyl (C=O) groups is 2. The Morgan fingerprint density at radius 1 is 0.933 bits per heavy atom. The second kappa shape index (κ2) is 10.2. The molecule has 0 aliphatic carbocycles. The zero-order valence-electron chi connectivity index (χ0n) is 16.2. The van der Waals surface area contributed by atoms with Crippen LogP contribution in [0.4, 0.5) is 0 Å². The quantitative estimate of drug-likeness (QED) is 0.265. The average molecular weight is 423 g/mol. The molecule has 0 spiro atoms. The molecule has 0 saturated carbocycles. The summed E-state index contributed by atoms with van der Waals surface area (Å²) in [7, 11) is 0. The summed E-state index contributed by atoms with van der Waals surface area (Å²) in [6, 6.07) is 20.6. The third-order valence-corrected chi connectivity index (χ3v) is 4.22. The third kappa shape index (κ3) is 6.46. The lowest BCUT2D eigenvalue weighted by Gasteiger charge is -2.05. The second-order valence-electron chi connectivity index (χ2n) is 6.36. The number of ether oxygens (including phenoxy) is 2. The number of hydrogen-bond acceptors (Lipinski definition) is 5. The van der Waals surface area contributed by atoms with E-state index in [2.05, 4.69) is 10.5 Å². The van der Waals surface area contributed by atoms with Crippen LogP contribution < -0.4 is 14.9 Å². The van der Waals surface area contributed by atoms with Gasteiger partial charge >= 0.3 is 5.97 Å². The minimum atomic E-state index is -0.427. The summed E-state index contributed by atoms with van der Waals surface area (Å²) in [5.74, 6) is 0.127. The van der Waals surface area contributed by atoms with Gasteiger partial charge in [0, 0.05) is 5.02 Å². The fraction of sp³-hybridized carbons (Fsp3) is 0.0870. The highest BCUT2D eigenvalue weighted by atomic mass is 35.5. The van der Waals surface area contributed by atoms with Crippen molar-refractivity contribution in [3.8, 4) is 11.5 Å². The number of nitrogens with zero attached hydrogens (tertiary/aromatic N) is 1. The molecule has 0 atom stereocenters. The van der Waals surface area contributed by atoms with E-state index in [1.165, 1.54) is 6.21 Å². The van der Waals surface area contributed by atoms with E-state index >= 15 is 0 Å². The molecule has 0 aliphatic heterocycles. The number of benzene rings is 3. The summed E-state index contributed by atoms with van der Waals surface area (Å²) in [6.07, 6.45) is 1.48. The maximum absolute atomic E-state index is 12.1. The van der Waals surface area contributed by atoms with Crippen LogP contribution in [0.2, 0.25) is 5.02 Å². The van der Waals surface area contributed by atoms with E-state index in [9.17, 15) is 9.59 Å². The first-order valence-corrected chi connectivity index (χ1v) is 9.46. The molecule has 152 valence electrons. The van der Waals surface area contributed by atoms with E-state index in [0.29, 0.717) is 22.1 Å². The molecule has 0 fully saturated rings. The minimum absolute atomic E-state index is 0.174. The van der Waals surface area contributed by atoms with E-state index in [1.807, 2.05) is 19.1 Å². The van der Waals surface area contributed by atoms with Gasteiger partial charge in [-0.1, -0.05) is 29.3 Å². The van der Waals surface area contributed by atoms with Gasteiger partial charge in [0.05, 0.1) is 11.8 Å². The van der Waals surface area contributed by atoms with E-state index in [1.54, 1.807) is 60.7 Å². The van der Waals surface area contributed by atoms with Gasteiger partial charge in [-0.3, -0.25) is 4.79 Å². The zero-order chi connectivity index (χ0) is 21.3. The van der Waals surface area contributed by atoms with Gasteiger partial charge in [0.2, 0.25) is 0 Å². The molecule has 0 aromatic heterocycles. The summed E-state index contributed by atoms with van der Waals surface area (Å²) in [6.45, 7) is 1.78.